The van der Waals surface area contributed by atoms with Crippen LogP contribution in [-0.4, -0.2) is 30.2 Å². The van der Waals surface area contributed by atoms with E-state index in [9.17, 15) is 9.59 Å². The quantitative estimate of drug-likeness (QED) is 0.596. The number of nitrogens with one attached hydrogen (secondary N) is 2. The molecule has 5 nitrogen and oxygen atoms in total. The highest BCUT2D eigenvalue weighted by molar-refractivity contribution is 5.74. The molecule has 0 saturated carbocycles. The number of hydrogen-bond donors (Lipinski definition) is 3. The molecule has 0 aromatic carbocycles. The minimum Gasteiger partial charge on any atom is -0.481 e. The van der Waals surface area contributed by atoms with Crippen molar-refractivity contribution in [1.82, 2.24) is 10.6 Å². The summed E-state index contributed by atoms with van der Waals surface area (Å²) in [7, 11) is 0. The second kappa shape index (κ2) is 7.17. The molecule has 0 heterocycles. The van der Waals surface area contributed by atoms with Crippen LogP contribution in [0, 0.1) is 5.92 Å². The van der Waals surface area contributed by atoms with Gasteiger partial charge in [0, 0.05) is 13.1 Å². The lowest BCUT2D eigenvalue weighted by atomic mass is 10.1. The fraction of sp³-hybridized carbons (Fsp3) is 0.778. The number of amides is 2. The smallest absolute Gasteiger partial charge is 0.314 e. The van der Waals surface area contributed by atoms with Gasteiger partial charge < -0.3 is 15.7 Å². The first-order valence-corrected chi connectivity index (χ1v) is 4.82. The Balaban J connectivity index is 3.44. The fourth-order valence-corrected chi connectivity index (χ4v) is 0.827. The number of carboxylic acid groups (broad SMARTS) is 1. The van der Waals surface area contributed by atoms with Gasteiger partial charge in [-0.05, 0) is 12.8 Å². The van der Waals surface area contributed by atoms with Crippen molar-refractivity contribution in [1.29, 1.82) is 0 Å². The first-order chi connectivity index (χ1) is 6.57. The van der Waals surface area contributed by atoms with Crippen LogP contribution >= 0.6 is 0 Å². The molecule has 0 bridgehead atoms. The van der Waals surface area contributed by atoms with Crippen molar-refractivity contribution in [2.45, 2.75) is 26.7 Å². The molecule has 1 atom stereocenters. The third-order valence-electron chi connectivity index (χ3n) is 1.82. The Kier molecular flexibility index (Phi) is 6.53. The molecule has 0 radical (unpaired) electrons. The van der Waals surface area contributed by atoms with Crippen molar-refractivity contribution in [2.24, 2.45) is 5.92 Å². The van der Waals surface area contributed by atoms with Crippen LogP contribution in [0.15, 0.2) is 0 Å². The van der Waals surface area contributed by atoms with Gasteiger partial charge in [-0.15, -0.1) is 0 Å². The summed E-state index contributed by atoms with van der Waals surface area (Å²) in [4.78, 5) is 21.4. The summed E-state index contributed by atoms with van der Waals surface area (Å²) in [6.07, 6.45) is 1.34. The van der Waals surface area contributed by atoms with Crippen molar-refractivity contribution in [3.63, 3.8) is 0 Å². The Morgan fingerprint density at radius 2 is 1.86 bits per heavy atom. The van der Waals surface area contributed by atoms with E-state index in [0.29, 0.717) is 19.5 Å². The average molecular weight is 202 g/mol. The molecule has 0 aliphatic rings. The van der Waals surface area contributed by atoms with E-state index in [4.69, 9.17) is 5.11 Å². The Hall–Kier alpha value is -1.26. The molecule has 5 heteroatoms. The van der Waals surface area contributed by atoms with E-state index in [1.165, 1.54) is 0 Å². The Labute approximate surface area is 83.9 Å². The summed E-state index contributed by atoms with van der Waals surface area (Å²) < 4.78 is 0. The molecule has 0 spiro atoms. The molecule has 0 aromatic rings. The van der Waals surface area contributed by atoms with E-state index >= 15 is 0 Å². The molecule has 2 amide bonds. The summed E-state index contributed by atoms with van der Waals surface area (Å²) in [5, 5.41) is 13.8. The summed E-state index contributed by atoms with van der Waals surface area (Å²) in [5.41, 5.74) is 0. The minimum absolute atomic E-state index is 0.232. The maximum Gasteiger partial charge on any atom is 0.314 e. The van der Waals surface area contributed by atoms with Gasteiger partial charge in [-0.25, -0.2) is 4.79 Å². The Bertz CT molecular complexity index is 194. The van der Waals surface area contributed by atoms with Crippen molar-refractivity contribution < 1.29 is 14.7 Å². The molecule has 3 N–H and O–H groups in total. The largest absolute Gasteiger partial charge is 0.481 e. The monoisotopic (exact) mass is 202 g/mol. The van der Waals surface area contributed by atoms with E-state index in [1.54, 1.807) is 6.92 Å². The number of urea groups is 1. The van der Waals surface area contributed by atoms with Crippen LogP contribution in [0.4, 0.5) is 4.79 Å². The summed E-state index contributed by atoms with van der Waals surface area (Å²) in [6, 6.07) is -0.232. The van der Waals surface area contributed by atoms with Crippen LogP contribution in [0.5, 0.6) is 0 Å². The van der Waals surface area contributed by atoms with Crippen LogP contribution in [0.3, 0.4) is 0 Å². The third kappa shape index (κ3) is 6.28. The fourth-order valence-electron chi connectivity index (χ4n) is 0.827. The average Bonchev–Trinajstić information content (AvgIpc) is 2.14. The van der Waals surface area contributed by atoms with Crippen LogP contribution in [0.25, 0.3) is 0 Å². The maximum atomic E-state index is 11.0. The molecule has 0 aliphatic heterocycles. The van der Waals surface area contributed by atoms with Crippen molar-refractivity contribution in [3.8, 4) is 0 Å². The van der Waals surface area contributed by atoms with Gasteiger partial charge in [0.2, 0.25) is 0 Å². The second-order valence-corrected chi connectivity index (χ2v) is 3.21. The van der Waals surface area contributed by atoms with Crippen LogP contribution in [0.2, 0.25) is 0 Å². The molecule has 82 valence electrons. The molecular weight excluding hydrogens is 184 g/mol. The van der Waals surface area contributed by atoms with Crippen molar-refractivity contribution >= 4 is 12.0 Å². The SMILES string of the molecule is CCCNC(=O)NCCC(C)C(=O)O. The molecule has 0 aliphatic carbocycles. The number of carbonyl (C=O) groups excluding carboxylic acids is 1. The number of carbonyl (C=O) groups is 2. The van der Waals surface area contributed by atoms with E-state index < -0.39 is 11.9 Å². The first-order valence-electron chi connectivity index (χ1n) is 4.82. The zero-order chi connectivity index (χ0) is 11.0. The van der Waals surface area contributed by atoms with Gasteiger partial charge in [-0.3, -0.25) is 4.79 Å². The highest BCUT2D eigenvalue weighted by atomic mass is 16.4. The van der Waals surface area contributed by atoms with Crippen LogP contribution < -0.4 is 10.6 Å². The van der Waals surface area contributed by atoms with E-state index in [0.717, 1.165) is 6.42 Å². The molecular formula is C9H18N2O3. The highest BCUT2D eigenvalue weighted by Crippen LogP contribution is 1.99. The molecule has 0 rings (SSSR count). The first kappa shape index (κ1) is 12.7. The molecule has 0 aromatic heterocycles. The zero-order valence-corrected chi connectivity index (χ0v) is 8.67. The van der Waals surface area contributed by atoms with Crippen LogP contribution in [0.1, 0.15) is 26.7 Å². The number of rotatable bonds is 6. The maximum absolute atomic E-state index is 11.0. The summed E-state index contributed by atoms with van der Waals surface area (Å²) >= 11 is 0. The predicted octanol–water partition coefficient (Wildman–Crippen LogP) is 0.806. The molecule has 0 fully saturated rings. The van der Waals surface area contributed by atoms with Crippen LogP contribution in [-0.2, 0) is 4.79 Å². The summed E-state index contributed by atoms with van der Waals surface area (Å²) in [5.74, 6) is -1.25. The van der Waals surface area contributed by atoms with Gasteiger partial charge in [0.25, 0.3) is 0 Å². The number of aliphatic carboxylic acids is 1. The van der Waals surface area contributed by atoms with Gasteiger partial charge in [0.15, 0.2) is 0 Å². The van der Waals surface area contributed by atoms with Gasteiger partial charge in [0.1, 0.15) is 0 Å². The van der Waals surface area contributed by atoms with E-state index in [-0.39, 0.29) is 6.03 Å². The van der Waals surface area contributed by atoms with E-state index in [2.05, 4.69) is 10.6 Å². The number of carboxylic acids is 1. The van der Waals surface area contributed by atoms with Gasteiger partial charge >= 0.3 is 12.0 Å². The third-order valence-corrected chi connectivity index (χ3v) is 1.82. The van der Waals surface area contributed by atoms with E-state index in [1.807, 2.05) is 6.92 Å². The minimum atomic E-state index is -0.833. The highest BCUT2D eigenvalue weighted by Gasteiger charge is 2.10. The van der Waals surface area contributed by atoms with Gasteiger partial charge in [-0.1, -0.05) is 13.8 Å². The molecule has 1 unspecified atom stereocenters. The normalized spacial score (nSPS) is 11.9. The lowest BCUT2D eigenvalue weighted by Gasteiger charge is -2.08. The number of hydrogen-bond acceptors (Lipinski definition) is 2. The Morgan fingerprint density at radius 1 is 1.29 bits per heavy atom. The molecule has 14 heavy (non-hydrogen) atoms. The van der Waals surface area contributed by atoms with Gasteiger partial charge in [0.05, 0.1) is 5.92 Å². The van der Waals surface area contributed by atoms with Crippen molar-refractivity contribution in [2.75, 3.05) is 13.1 Å². The lowest BCUT2D eigenvalue weighted by molar-refractivity contribution is -0.141. The lowest BCUT2D eigenvalue weighted by Crippen LogP contribution is -2.37. The molecule has 0 saturated heterocycles. The van der Waals surface area contributed by atoms with Gasteiger partial charge in [-0.2, -0.15) is 0 Å². The topological polar surface area (TPSA) is 78.4 Å². The standard InChI is InChI=1S/C9H18N2O3/c1-3-5-10-9(14)11-6-4-7(2)8(12)13/h7H,3-6H2,1-2H3,(H,12,13)(H2,10,11,14). The second-order valence-electron chi connectivity index (χ2n) is 3.21. The summed E-state index contributed by atoms with van der Waals surface area (Å²) in [6.45, 7) is 4.62. The Morgan fingerprint density at radius 3 is 2.36 bits per heavy atom. The predicted molar refractivity (Wildman–Crippen MR) is 53.1 cm³/mol. The van der Waals surface area contributed by atoms with Crippen molar-refractivity contribution in [3.05, 3.63) is 0 Å². The zero-order valence-electron chi connectivity index (χ0n) is 8.67.